The van der Waals surface area contributed by atoms with Crippen molar-refractivity contribution in [2.75, 3.05) is 13.6 Å². The molecule has 0 radical (unpaired) electrons. The minimum Gasteiger partial charge on any atom is -0.384 e. The third-order valence-electron chi connectivity index (χ3n) is 1.94. The standard InChI is InChI=1S/C7H13IN2/c1-5-4-9-6(2)7(8)10(5)3/h5,9H,4H2,1-3H3. The van der Waals surface area contributed by atoms with Crippen LogP contribution in [0.3, 0.4) is 0 Å². The molecule has 0 saturated heterocycles. The van der Waals surface area contributed by atoms with Gasteiger partial charge in [-0.15, -0.1) is 0 Å². The smallest absolute Gasteiger partial charge is 0.0947 e. The molecule has 1 atom stereocenters. The third kappa shape index (κ3) is 1.38. The van der Waals surface area contributed by atoms with Crippen LogP contribution in [0.1, 0.15) is 13.8 Å². The lowest BCUT2D eigenvalue weighted by Gasteiger charge is -2.33. The Hall–Kier alpha value is 0.0700. The Morgan fingerprint density at radius 2 is 2.30 bits per heavy atom. The normalized spacial score (nSPS) is 26.8. The summed E-state index contributed by atoms with van der Waals surface area (Å²) >= 11 is 2.37. The van der Waals surface area contributed by atoms with Gasteiger partial charge in [0, 0.05) is 25.3 Å². The van der Waals surface area contributed by atoms with E-state index >= 15 is 0 Å². The molecule has 1 rings (SSSR count). The summed E-state index contributed by atoms with van der Waals surface area (Å²) < 4.78 is 1.33. The van der Waals surface area contributed by atoms with E-state index in [1.165, 1.54) is 9.40 Å². The van der Waals surface area contributed by atoms with Gasteiger partial charge in [0.25, 0.3) is 0 Å². The van der Waals surface area contributed by atoms with Gasteiger partial charge >= 0.3 is 0 Å². The van der Waals surface area contributed by atoms with Crippen molar-refractivity contribution in [1.82, 2.24) is 10.2 Å². The predicted molar refractivity (Wildman–Crippen MR) is 51.9 cm³/mol. The van der Waals surface area contributed by atoms with Crippen LogP contribution < -0.4 is 5.32 Å². The average molecular weight is 252 g/mol. The van der Waals surface area contributed by atoms with Crippen LogP contribution >= 0.6 is 22.6 Å². The second kappa shape index (κ2) is 2.98. The highest BCUT2D eigenvalue weighted by Crippen LogP contribution is 2.20. The second-order valence-corrected chi connectivity index (χ2v) is 3.78. The molecule has 0 fully saturated rings. The van der Waals surface area contributed by atoms with E-state index in [4.69, 9.17) is 0 Å². The number of hydrogen-bond acceptors (Lipinski definition) is 2. The van der Waals surface area contributed by atoms with E-state index in [9.17, 15) is 0 Å². The minimum atomic E-state index is 0.621. The summed E-state index contributed by atoms with van der Waals surface area (Å²) in [6.07, 6.45) is 0. The average Bonchev–Trinajstić information content (AvgIpc) is 1.93. The number of allylic oxidation sites excluding steroid dienone is 1. The van der Waals surface area contributed by atoms with Gasteiger partial charge in [-0.05, 0) is 36.4 Å². The van der Waals surface area contributed by atoms with E-state index in [0.29, 0.717) is 6.04 Å². The van der Waals surface area contributed by atoms with Crippen LogP contribution in [0.4, 0.5) is 0 Å². The van der Waals surface area contributed by atoms with Crippen molar-refractivity contribution in [3.63, 3.8) is 0 Å². The Labute approximate surface area is 75.8 Å². The van der Waals surface area contributed by atoms with Crippen molar-refractivity contribution in [2.45, 2.75) is 19.9 Å². The van der Waals surface area contributed by atoms with Crippen molar-refractivity contribution in [3.8, 4) is 0 Å². The SMILES string of the molecule is CC1=C(I)N(C)C(C)CN1. The molecule has 0 aromatic carbocycles. The first-order chi connectivity index (χ1) is 4.63. The maximum Gasteiger partial charge on any atom is 0.0947 e. The Balaban J connectivity index is 2.77. The zero-order chi connectivity index (χ0) is 7.72. The Bertz CT molecular complexity index is 165. The molecule has 1 heterocycles. The van der Waals surface area contributed by atoms with E-state index in [1.54, 1.807) is 0 Å². The molecular weight excluding hydrogens is 239 g/mol. The van der Waals surface area contributed by atoms with Crippen LogP contribution in [0.25, 0.3) is 0 Å². The zero-order valence-corrected chi connectivity index (χ0v) is 8.77. The summed E-state index contributed by atoms with van der Waals surface area (Å²) in [5, 5.41) is 3.34. The quantitative estimate of drug-likeness (QED) is 0.519. The molecule has 1 N–H and O–H groups in total. The first-order valence-corrected chi connectivity index (χ1v) is 4.54. The molecule has 3 heteroatoms. The van der Waals surface area contributed by atoms with Crippen molar-refractivity contribution in [3.05, 3.63) is 9.40 Å². The maximum absolute atomic E-state index is 3.34. The van der Waals surface area contributed by atoms with E-state index in [1.807, 2.05) is 0 Å². The van der Waals surface area contributed by atoms with Gasteiger partial charge in [0.05, 0.1) is 3.70 Å². The van der Waals surface area contributed by atoms with Gasteiger partial charge in [0.1, 0.15) is 0 Å². The van der Waals surface area contributed by atoms with Crippen molar-refractivity contribution < 1.29 is 0 Å². The molecule has 1 unspecified atom stereocenters. The lowest BCUT2D eigenvalue weighted by molar-refractivity contribution is 0.315. The maximum atomic E-state index is 3.34. The molecule has 2 nitrogen and oxygen atoms in total. The van der Waals surface area contributed by atoms with Crippen molar-refractivity contribution in [1.29, 1.82) is 0 Å². The van der Waals surface area contributed by atoms with Gasteiger partial charge in [-0.2, -0.15) is 0 Å². The summed E-state index contributed by atoms with van der Waals surface area (Å²) in [6.45, 7) is 5.40. The van der Waals surface area contributed by atoms with Crippen molar-refractivity contribution in [2.24, 2.45) is 0 Å². The highest BCUT2D eigenvalue weighted by molar-refractivity contribution is 14.1. The monoisotopic (exact) mass is 252 g/mol. The third-order valence-corrected chi connectivity index (χ3v) is 3.51. The van der Waals surface area contributed by atoms with Crippen LogP contribution in [-0.2, 0) is 0 Å². The van der Waals surface area contributed by atoms with Crippen LogP contribution in [0.5, 0.6) is 0 Å². The van der Waals surface area contributed by atoms with Gasteiger partial charge in [-0.3, -0.25) is 0 Å². The number of likely N-dealkylation sites (N-methyl/N-ethyl adjacent to an activating group) is 1. The van der Waals surface area contributed by atoms with E-state index < -0.39 is 0 Å². The largest absolute Gasteiger partial charge is 0.384 e. The molecular formula is C7H13IN2. The molecule has 0 aromatic heterocycles. The van der Waals surface area contributed by atoms with Gasteiger partial charge < -0.3 is 10.2 Å². The number of nitrogens with one attached hydrogen (secondary N) is 1. The van der Waals surface area contributed by atoms with E-state index in [-0.39, 0.29) is 0 Å². The zero-order valence-electron chi connectivity index (χ0n) is 6.61. The van der Waals surface area contributed by atoms with Crippen LogP contribution in [0, 0.1) is 0 Å². The fourth-order valence-electron chi connectivity index (χ4n) is 0.969. The summed E-state index contributed by atoms with van der Waals surface area (Å²) in [5.74, 6) is 0. The van der Waals surface area contributed by atoms with Crippen molar-refractivity contribution >= 4 is 22.6 Å². The summed E-state index contributed by atoms with van der Waals surface area (Å²) in [5.41, 5.74) is 1.29. The molecule has 0 amide bonds. The Morgan fingerprint density at radius 1 is 1.70 bits per heavy atom. The fraction of sp³-hybridized carbons (Fsp3) is 0.714. The number of hydrogen-bond donors (Lipinski definition) is 1. The van der Waals surface area contributed by atoms with E-state index in [2.05, 4.69) is 53.7 Å². The highest BCUT2D eigenvalue weighted by Gasteiger charge is 2.16. The first kappa shape index (κ1) is 8.17. The predicted octanol–water partition coefficient (Wildman–Crippen LogP) is 1.53. The molecule has 0 spiro atoms. The molecule has 0 saturated carbocycles. The number of rotatable bonds is 0. The second-order valence-electron chi connectivity index (χ2n) is 2.76. The lowest BCUT2D eigenvalue weighted by atomic mass is 10.2. The first-order valence-electron chi connectivity index (χ1n) is 3.46. The summed E-state index contributed by atoms with van der Waals surface area (Å²) in [7, 11) is 2.14. The molecule has 58 valence electrons. The van der Waals surface area contributed by atoms with Gasteiger partial charge in [-0.1, -0.05) is 0 Å². The summed E-state index contributed by atoms with van der Waals surface area (Å²) in [6, 6.07) is 0.621. The van der Waals surface area contributed by atoms with Gasteiger partial charge in [0.2, 0.25) is 0 Å². The topological polar surface area (TPSA) is 15.3 Å². The van der Waals surface area contributed by atoms with Gasteiger partial charge in [-0.25, -0.2) is 0 Å². The molecule has 1 aliphatic heterocycles. The fourth-order valence-corrected chi connectivity index (χ4v) is 1.63. The number of nitrogens with zero attached hydrogens (tertiary/aromatic N) is 1. The molecule has 1 aliphatic rings. The van der Waals surface area contributed by atoms with E-state index in [0.717, 1.165) is 6.54 Å². The molecule has 0 aliphatic carbocycles. The Morgan fingerprint density at radius 3 is 2.80 bits per heavy atom. The van der Waals surface area contributed by atoms with Crippen LogP contribution in [0.2, 0.25) is 0 Å². The molecule has 10 heavy (non-hydrogen) atoms. The Kier molecular flexibility index (Phi) is 2.44. The minimum absolute atomic E-state index is 0.621. The van der Waals surface area contributed by atoms with Crippen LogP contribution in [-0.4, -0.2) is 24.5 Å². The van der Waals surface area contributed by atoms with Crippen LogP contribution in [0.15, 0.2) is 9.40 Å². The highest BCUT2D eigenvalue weighted by atomic mass is 127. The lowest BCUT2D eigenvalue weighted by Crippen LogP contribution is -2.41. The molecule has 0 bridgehead atoms. The number of halogens is 1. The summed E-state index contributed by atoms with van der Waals surface area (Å²) in [4.78, 5) is 2.30. The van der Waals surface area contributed by atoms with Gasteiger partial charge in [0.15, 0.2) is 0 Å². The molecule has 0 aromatic rings.